The Balaban J connectivity index is 2.03. The highest BCUT2D eigenvalue weighted by Gasteiger charge is 2.18. The van der Waals surface area contributed by atoms with Gasteiger partial charge in [-0.25, -0.2) is 0 Å². The van der Waals surface area contributed by atoms with E-state index in [2.05, 4.69) is 32.0 Å². The predicted molar refractivity (Wildman–Crippen MR) is 104 cm³/mol. The van der Waals surface area contributed by atoms with Crippen LogP contribution in [0.15, 0.2) is 41.6 Å². The first-order valence-electron chi connectivity index (χ1n) is 8.27. The van der Waals surface area contributed by atoms with Gasteiger partial charge >= 0.3 is 0 Å². The fourth-order valence-electron chi connectivity index (χ4n) is 2.53. The van der Waals surface area contributed by atoms with E-state index in [0.29, 0.717) is 35.3 Å². The van der Waals surface area contributed by atoms with E-state index in [1.165, 1.54) is 13.3 Å². The molecule has 26 heavy (non-hydrogen) atoms. The van der Waals surface area contributed by atoms with Gasteiger partial charge in [0, 0.05) is 5.56 Å². The summed E-state index contributed by atoms with van der Waals surface area (Å²) in [7, 11) is 1.52. The zero-order valence-electron chi connectivity index (χ0n) is 15.5. The van der Waals surface area contributed by atoms with E-state index in [9.17, 15) is 0 Å². The third kappa shape index (κ3) is 5.05. The summed E-state index contributed by atoms with van der Waals surface area (Å²) >= 11 is 6.24. The average molecular weight is 378 g/mol. The molecule has 2 rings (SSSR count). The Bertz CT molecular complexity index is 769. The van der Waals surface area contributed by atoms with Gasteiger partial charge in [-0.1, -0.05) is 55.7 Å². The standard InChI is InChI=1S/C20H24ClNO4/c1-20(2,3)15-7-5-6-8-17(15)25-9-10-26-19-16(21)11-14(13-22-23)12-18(19)24-4/h5-8,11-13,23H,9-10H2,1-4H3. The van der Waals surface area contributed by atoms with Crippen molar-refractivity contribution in [1.29, 1.82) is 0 Å². The number of ether oxygens (including phenoxy) is 3. The van der Waals surface area contributed by atoms with Gasteiger partial charge in [-0.2, -0.15) is 0 Å². The van der Waals surface area contributed by atoms with Gasteiger partial charge in [-0.05, 0) is 29.2 Å². The van der Waals surface area contributed by atoms with Crippen LogP contribution in [-0.4, -0.2) is 31.7 Å². The Morgan fingerprint density at radius 2 is 1.77 bits per heavy atom. The lowest BCUT2D eigenvalue weighted by molar-refractivity contribution is 0.209. The summed E-state index contributed by atoms with van der Waals surface area (Å²) in [5.74, 6) is 1.73. The fourth-order valence-corrected chi connectivity index (χ4v) is 2.80. The highest BCUT2D eigenvalue weighted by molar-refractivity contribution is 6.32. The summed E-state index contributed by atoms with van der Waals surface area (Å²) in [5, 5.41) is 12.0. The van der Waals surface area contributed by atoms with Gasteiger partial charge in [0.2, 0.25) is 0 Å². The molecule has 0 aliphatic rings. The number of methoxy groups -OCH3 is 1. The molecule has 0 bridgehead atoms. The number of halogens is 1. The van der Waals surface area contributed by atoms with Gasteiger partial charge in [0.05, 0.1) is 18.3 Å². The van der Waals surface area contributed by atoms with Crippen LogP contribution in [0.1, 0.15) is 31.9 Å². The molecule has 0 fully saturated rings. The lowest BCUT2D eigenvalue weighted by Crippen LogP contribution is -2.16. The van der Waals surface area contributed by atoms with Gasteiger partial charge in [-0.15, -0.1) is 0 Å². The predicted octanol–water partition coefficient (Wildman–Crippen LogP) is 4.91. The van der Waals surface area contributed by atoms with Gasteiger partial charge in [0.1, 0.15) is 19.0 Å². The Morgan fingerprint density at radius 3 is 2.42 bits per heavy atom. The van der Waals surface area contributed by atoms with Crippen molar-refractivity contribution in [3.63, 3.8) is 0 Å². The monoisotopic (exact) mass is 377 g/mol. The summed E-state index contributed by atoms with van der Waals surface area (Å²) < 4.78 is 16.9. The van der Waals surface area contributed by atoms with Gasteiger partial charge in [-0.3, -0.25) is 0 Å². The van der Waals surface area contributed by atoms with Crippen molar-refractivity contribution in [3.05, 3.63) is 52.5 Å². The Morgan fingerprint density at radius 1 is 1.08 bits per heavy atom. The molecule has 0 radical (unpaired) electrons. The molecular weight excluding hydrogens is 354 g/mol. The third-order valence-corrected chi connectivity index (χ3v) is 4.02. The van der Waals surface area contributed by atoms with Crippen LogP contribution >= 0.6 is 11.6 Å². The van der Waals surface area contributed by atoms with Crippen LogP contribution in [0.5, 0.6) is 17.2 Å². The van der Waals surface area contributed by atoms with Crippen LogP contribution in [0.4, 0.5) is 0 Å². The van der Waals surface area contributed by atoms with Crippen LogP contribution in [0.3, 0.4) is 0 Å². The molecule has 1 N–H and O–H groups in total. The average Bonchev–Trinajstić information content (AvgIpc) is 2.59. The maximum Gasteiger partial charge on any atom is 0.179 e. The van der Waals surface area contributed by atoms with Crippen LogP contribution in [-0.2, 0) is 5.41 Å². The molecule has 0 spiro atoms. The summed E-state index contributed by atoms with van der Waals surface area (Å²) in [6.07, 6.45) is 1.27. The molecule has 0 aliphatic carbocycles. The molecule has 0 atom stereocenters. The summed E-state index contributed by atoms with van der Waals surface area (Å²) in [4.78, 5) is 0. The summed E-state index contributed by atoms with van der Waals surface area (Å²) in [6.45, 7) is 7.11. The minimum atomic E-state index is -0.00588. The molecule has 0 saturated carbocycles. The quantitative estimate of drug-likeness (QED) is 0.322. The smallest absolute Gasteiger partial charge is 0.179 e. The largest absolute Gasteiger partial charge is 0.493 e. The number of hydrogen-bond acceptors (Lipinski definition) is 5. The maximum absolute atomic E-state index is 8.64. The number of benzene rings is 2. The van der Waals surface area contributed by atoms with Crippen LogP contribution in [0, 0.1) is 0 Å². The lowest BCUT2D eigenvalue weighted by atomic mass is 9.86. The van der Waals surface area contributed by atoms with E-state index in [1.54, 1.807) is 12.1 Å². The lowest BCUT2D eigenvalue weighted by Gasteiger charge is -2.22. The van der Waals surface area contributed by atoms with Gasteiger partial charge in [0.25, 0.3) is 0 Å². The molecule has 0 aromatic heterocycles. The molecule has 6 heteroatoms. The van der Waals surface area contributed by atoms with Crippen molar-refractivity contribution in [2.45, 2.75) is 26.2 Å². The van der Waals surface area contributed by atoms with Crippen molar-refractivity contribution in [2.75, 3.05) is 20.3 Å². The zero-order chi connectivity index (χ0) is 19.2. The highest BCUT2D eigenvalue weighted by atomic mass is 35.5. The normalized spacial score (nSPS) is 11.6. The second-order valence-electron chi connectivity index (χ2n) is 6.72. The van der Waals surface area contributed by atoms with E-state index < -0.39 is 0 Å². The molecular formula is C20H24ClNO4. The van der Waals surface area contributed by atoms with Crippen molar-refractivity contribution < 1.29 is 19.4 Å². The Kier molecular flexibility index (Phi) is 6.75. The Hall–Kier alpha value is -2.40. The van der Waals surface area contributed by atoms with Crippen molar-refractivity contribution in [2.24, 2.45) is 5.16 Å². The molecule has 0 aliphatic heterocycles. The van der Waals surface area contributed by atoms with E-state index >= 15 is 0 Å². The van der Waals surface area contributed by atoms with Crippen LogP contribution in [0.2, 0.25) is 5.02 Å². The fraction of sp³-hybridized carbons (Fsp3) is 0.350. The number of oxime groups is 1. The topological polar surface area (TPSA) is 60.3 Å². The van der Waals surface area contributed by atoms with E-state index in [0.717, 1.165) is 11.3 Å². The second kappa shape index (κ2) is 8.81. The molecule has 0 amide bonds. The highest BCUT2D eigenvalue weighted by Crippen LogP contribution is 2.36. The number of para-hydroxylation sites is 1. The number of hydrogen-bond donors (Lipinski definition) is 1. The number of rotatable bonds is 7. The van der Waals surface area contributed by atoms with Gasteiger partial charge in [0.15, 0.2) is 11.5 Å². The van der Waals surface area contributed by atoms with E-state index in [1.807, 2.05) is 18.2 Å². The maximum atomic E-state index is 8.64. The van der Waals surface area contributed by atoms with E-state index in [-0.39, 0.29) is 5.41 Å². The van der Waals surface area contributed by atoms with Crippen molar-refractivity contribution in [3.8, 4) is 17.2 Å². The van der Waals surface area contributed by atoms with Gasteiger partial charge < -0.3 is 19.4 Å². The zero-order valence-corrected chi connectivity index (χ0v) is 16.2. The summed E-state index contributed by atoms with van der Waals surface area (Å²) in [5.41, 5.74) is 1.74. The number of nitrogens with zero attached hydrogens (tertiary/aromatic N) is 1. The third-order valence-electron chi connectivity index (χ3n) is 3.74. The first-order chi connectivity index (χ1) is 12.4. The second-order valence-corrected chi connectivity index (χ2v) is 7.13. The Labute approximate surface area is 159 Å². The SMILES string of the molecule is COc1cc(C=NO)cc(Cl)c1OCCOc1ccccc1C(C)(C)C. The molecule has 0 unspecified atom stereocenters. The minimum absolute atomic E-state index is 0.00588. The summed E-state index contributed by atoms with van der Waals surface area (Å²) in [6, 6.07) is 11.3. The molecule has 140 valence electrons. The van der Waals surface area contributed by atoms with Crippen molar-refractivity contribution in [1.82, 2.24) is 0 Å². The minimum Gasteiger partial charge on any atom is -0.493 e. The first kappa shape index (κ1) is 19.9. The molecule has 5 nitrogen and oxygen atoms in total. The molecule has 0 saturated heterocycles. The molecule has 0 heterocycles. The molecule has 2 aromatic carbocycles. The van der Waals surface area contributed by atoms with E-state index in [4.69, 9.17) is 31.0 Å². The van der Waals surface area contributed by atoms with Crippen LogP contribution < -0.4 is 14.2 Å². The van der Waals surface area contributed by atoms with Crippen LogP contribution in [0.25, 0.3) is 0 Å². The first-order valence-corrected chi connectivity index (χ1v) is 8.64. The van der Waals surface area contributed by atoms with Crippen molar-refractivity contribution >= 4 is 17.8 Å². The molecule has 2 aromatic rings.